The molecule has 3 fully saturated rings. The lowest BCUT2D eigenvalue weighted by molar-refractivity contribution is -0.745. The zero-order valence-corrected chi connectivity index (χ0v) is 42.9. The highest BCUT2D eigenvalue weighted by atomic mass is 31.3. The van der Waals surface area contributed by atoms with Gasteiger partial charge in [0.15, 0.2) is 30.2 Å². The molecule has 0 amide bonds. The van der Waals surface area contributed by atoms with Gasteiger partial charge >= 0.3 is 42.4 Å². The molecule has 3 aliphatic heterocycles. The van der Waals surface area contributed by atoms with Crippen LogP contribution < -0.4 is 32.4 Å². The Bertz CT molecular complexity index is 3280. The number of ether oxygens (including phenoxy) is 5. The largest absolute Gasteiger partial charge is 0.490 e. The molecule has 0 aliphatic carbocycles. The molecule has 414 valence electrons. The Hall–Kier alpha value is -4.58. The van der Waals surface area contributed by atoms with Gasteiger partial charge in [-0.2, -0.15) is 8.62 Å². The Morgan fingerprint density at radius 2 is 1.49 bits per heavy atom. The zero-order valence-electron chi connectivity index (χ0n) is 39.4. The summed E-state index contributed by atoms with van der Waals surface area (Å²) < 4.78 is 111. The minimum atomic E-state index is -6.19. The Morgan fingerprint density at radius 3 is 2.15 bits per heavy atom. The van der Waals surface area contributed by atoms with Crippen LogP contribution in [0.25, 0.3) is 22.3 Å². The normalized spacial score (nSPS) is 30.3. The molecule has 0 spiro atoms. The summed E-state index contributed by atoms with van der Waals surface area (Å²) in [7, 11) is -17.7. The van der Waals surface area contributed by atoms with Crippen LogP contribution in [0.3, 0.4) is 0 Å². The molecule has 16 atom stereocenters. The SMILES string of the molecule is CNc1ncnc2c1ncn2[C@@H]1O[C@H](COP(=O)(O)OP(=O)(O)OP(=O)(O)OC[C@H]2O[C@@H]([n+]3cn(C)c4c(=O)[nH]c(N)nc43)[C@H](O)[C@@H]2CCOC)[C@@H](P(=O)(O)OC[C@H]2O[C@@H](n3ccc(=O)[nH]c3=O)[C@H](O)[C@@H]2O)[C@H]1OC. The molecule has 3 saturated heterocycles. The van der Waals surface area contributed by atoms with Crippen LogP contribution in [-0.2, 0) is 71.2 Å². The van der Waals surface area contributed by atoms with Crippen molar-refractivity contribution in [2.45, 2.75) is 73.5 Å². The van der Waals surface area contributed by atoms with Gasteiger partial charge in [0.2, 0.25) is 11.7 Å². The number of aliphatic hydroxyl groups excluding tert-OH is 3. The number of aryl methyl sites for hydroxylation is 1. The summed E-state index contributed by atoms with van der Waals surface area (Å²) in [6, 6.07) is 0.933. The third-order valence-corrected chi connectivity index (χ3v) is 18.3. The molecular weight excluding hydrogens is 1100 g/mol. The number of nitrogens with two attached hydrogens (primary N) is 1. The maximum atomic E-state index is 14.4. The first kappa shape index (κ1) is 56.6. The minimum absolute atomic E-state index is 0.00567. The van der Waals surface area contributed by atoms with Crippen molar-refractivity contribution in [1.82, 2.24) is 43.6 Å². The second-order valence-corrected chi connectivity index (χ2v) is 23.5. The molecule has 5 aromatic rings. The van der Waals surface area contributed by atoms with E-state index in [-0.39, 0.29) is 47.1 Å². The molecule has 3 aliphatic rings. The van der Waals surface area contributed by atoms with E-state index in [9.17, 15) is 67.5 Å². The van der Waals surface area contributed by atoms with Gasteiger partial charge in [-0.05, 0) is 6.42 Å². The quantitative estimate of drug-likeness (QED) is 0.0242. The Labute approximate surface area is 419 Å². The van der Waals surface area contributed by atoms with E-state index in [4.69, 9.17) is 43.0 Å². The third-order valence-electron chi connectivity index (χ3n) is 12.2. The fraction of sp³-hybridized carbons (Fsp3) is 0.600. The van der Waals surface area contributed by atoms with Crippen molar-refractivity contribution in [2.24, 2.45) is 13.0 Å². The number of phosphoric acid groups is 3. The summed E-state index contributed by atoms with van der Waals surface area (Å²) >= 11 is 0. The van der Waals surface area contributed by atoms with Gasteiger partial charge in [0.1, 0.15) is 54.1 Å². The van der Waals surface area contributed by atoms with Crippen molar-refractivity contribution >= 4 is 65.2 Å². The van der Waals surface area contributed by atoms with E-state index in [0.717, 1.165) is 30.3 Å². The summed E-state index contributed by atoms with van der Waals surface area (Å²) in [6.07, 6.45) is -11.2. The summed E-state index contributed by atoms with van der Waals surface area (Å²) in [6.45, 7) is -3.17. The molecule has 12 N–H and O–H groups in total. The minimum Gasteiger partial charge on any atom is -0.387 e. The van der Waals surface area contributed by atoms with Gasteiger partial charge in [-0.3, -0.25) is 46.9 Å². The highest BCUT2D eigenvalue weighted by Crippen LogP contribution is 2.68. The van der Waals surface area contributed by atoms with Gasteiger partial charge in [0.25, 0.3) is 17.1 Å². The van der Waals surface area contributed by atoms with Crippen molar-refractivity contribution in [3.63, 3.8) is 0 Å². The molecule has 36 nitrogen and oxygen atoms in total. The van der Waals surface area contributed by atoms with Crippen LogP contribution in [0.5, 0.6) is 0 Å². The number of aromatic amines is 2. The van der Waals surface area contributed by atoms with Crippen molar-refractivity contribution in [1.29, 1.82) is 0 Å². The number of fused-ring (bicyclic) bond motifs is 2. The summed E-state index contributed by atoms with van der Waals surface area (Å²) in [5, 5.41) is 35.7. The van der Waals surface area contributed by atoms with Gasteiger partial charge < -0.3 is 74.2 Å². The number of nitrogens with zero attached hydrogens (tertiary/aromatic N) is 8. The maximum Gasteiger partial charge on any atom is 0.490 e. The molecule has 8 rings (SSSR count). The molecule has 8 heterocycles. The number of hydrogen-bond donors (Lipinski definition) is 11. The number of methoxy groups -OCH3 is 2. The number of rotatable bonds is 22. The predicted octanol–water partition coefficient (Wildman–Crippen LogP) is -3.06. The lowest BCUT2D eigenvalue weighted by Gasteiger charge is -2.28. The number of aromatic nitrogens is 10. The van der Waals surface area contributed by atoms with Crippen LogP contribution in [0.15, 0.2) is 45.6 Å². The molecule has 0 aromatic carbocycles. The zero-order chi connectivity index (χ0) is 54.5. The van der Waals surface area contributed by atoms with Crippen LogP contribution in [-0.4, -0.2) is 175 Å². The van der Waals surface area contributed by atoms with Gasteiger partial charge in [-0.1, -0.05) is 4.98 Å². The number of nitrogens with one attached hydrogen (secondary N) is 3. The van der Waals surface area contributed by atoms with Crippen molar-refractivity contribution in [2.75, 3.05) is 58.7 Å². The number of hydrogen-bond acceptors (Lipinski definition) is 26. The molecule has 0 saturated carbocycles. The maximum absolute atomic E-state index is 14.4. The highest BCUT2D eigenvalue weighted by molar-refractivity contribution is 7.66. The van der Waals surface area contributed by atoms with E-state index < -0.39 is 141 Å². The van der Waals surface area contributed by atoms with Crippen LogP contribution in [0.2, 0.25) is 0 Å². The summed E-state index contributed by atoms with van der Waals surface area (Å²) in [5.41, 5.74) is 1.67. The smallest absolute Gasteiger partial charge is 0.387 e. The second-order valence-electron chi connectivity index (χ2n) is 16.9. The first-order valence-electron chi connectivity index (χ1n) is 21.9. The number of aliphatic hydroxyl groups is 3. The molecular formula is C35H51N12O24P4+. The van der Waals surface area contributed by atoms with Gasteiger partial charge in [-0.25, -0.2) is 38.0 Å². The lowest BCUT2D eigenvalue weighted by atomic mass is 9.95. The molecule has 0 radical (unpaired) electrons. The van der Waals surface area contributed by atoms with Gasteiger partial charge in [-0.15, -0.1) is 0 Å². The molecule has 40 heteroatoms. The monoisotopic (exact) mass is 1150 g/mol. The predicted molar refractivity (Wildman–Crippen MR) is 246 cm³/mol. The molecule has 4 unspecified atom stereocenters. The number of imidazole rings is 2. The van der Waals surface area contributed by atoms with E-state index in [2.05, 4.69) is 38.9 Å². The van der Waals surface area contributed by atoms with E-state index in [1.54, 1.807) is 0 Å². The topological polar surface area (TPSA) is 493 Å². The second kappa shape index (κ2) is 22.0. The highest BCUT2D eigenvalue weighted by Gasteiger charge is 2.58. The molecule has 75 heavy (non-hydrogen) atoms. The fourth-order valence-electron chi connectivity index (χ4n) is 8.85. The van der Waals surface area contributed by atoms with E-state index in [1.807, 2.05) is 4.98 Å². The van der Waals surface area contributed by atoms with Gasteiger partial charge in [0, 0.05) is 46.1 Å². The molecule has 5 aromatic heterocycles. The number of phosphoric ester groups is 2. The standard InChI is InChI=1S/C35H50N12O24P4/c1-37-27-20-28(39-12-38-27)46(13-40-20)33-25(63-4)26(72(54,55)64-10-17-23(50)24(51)32(68-17)45-7-5-19(48)41-35(45)53)18(69-33)11-66-74(58,59)71-75(60,61)70-73(56,57)65-9-16-15(6-8-62-3)22(49)31(67-16)47-14-44(2)21-29(47)42-34(36)43-30(21)52/h5,7,12-18,22-26,31-33,49-51H,6,8-11H2,1-4H3,(H8-,36,37,38,39,41,42,43,48,52,53,54,55,56,57,58,59,60,61)/p+1/t15-,16-,17-,18-,22-,23-,24-,25-,26-,31-,32-,33-/m1/s1. The van der Waals surface area contributed by atoms with Crippen molar-refractivity contribution < 1.29 is 104 Å². The van der Waals surface area contributed by atoms with E-state index in [1.165, 1.54) is 47.6 Å². The summed E-state index contributed by atoms with van der Waals surface area (Å²) in [4.78, 5) is 101. The Balaban J connectivity index is 0.966. The van der Waals surface area contributed by atoms with Crippen LogP contribution in [0, 0.1) is 5.92 Å². The Kier molecular flexibility index (Phi) is 16.6. The lowest BCUT2D eigenvalue weighted by Crippen LogP contribution is -2.45. The number of anilines is 2. The van der Waals surface area contributed by atoms with Gasteiger partial charge in [0.05, 0.1) is 39.3 Å². The van der Waals surface area contributed by atoms with Crippen LogP contribution in [0.1, 0.15) is 25.1 Å². The van der Waals surface area contributed by atoms with Crippen molar-refractivity contribution in [3.05, 3.63) is 62.4 Å². The first-order valence-corrected chi connectivity index (χ1v) is 28.0. The fourth-order valence-corrected chi connectivity index (χ4v) is 14.1. The number of H-pyrrole nitrogens is 2. The Morgan fingerprint density at radius 1 is 0.827 bits per heavy atom. The third kappa shape index (κ3) is 11.8. The van der Waals surface area contributed by atoms with Crippen molar-refractivity contribution in [3.8, 4) is 0 Å². The average Bonchev–Trinajstić information content (AvgIpc) is 4.14. The number of nitrogen functional groups attached to an aromatic ring is 1. The van der Waals surface area contributed by atoms with Crippen LogP contribution >= 0.6 is 31.1 Å². The van der Waals surface area contributed by atoms with Crippen LogP contribution in [0.4, 0.5) is 11.8 Å². The average molecular weight is 1150 g/mol. The van der Waals surface area contributed by atoms with E-state index in [0.29, 0.717) is 0 Å². The van der Waals surface area contributed by atoms with E-state index >= 15 is 0 Å². The first-order chi connectivity index (χ1) is 35.3. The summed E-state index contributed by atoms with van der Waals surface area (Å²) in [5.74, 6) is -0.950. The molecule has 0 bridgehead atoms.